The minimum absolute atomic E-state index is 0.262. The molecule has 0 N–H and O–H groups in total. The first kappa shape index (κ1) is 22.2. The van der Waals surface area contributed by atoms with Crippen LogP contribution in [0.4, 0.5) is 0 Å². The molecule has 33 heavy (non-hydrogen) atoms. The van der Waals surface area contributed by atoms with Crippen molar-refractivity contribution in [2.24, 2.45) is 0 Å². The molecule has 9 heteroatoms. The highest BCUT2D eigenvalue weighted by atomic mass is 32.1. The number of ether oxygens (including phenoxy) is 3. The highest BCUT2D eigenvalue weighted by molar-refractivity contribution is 7.15. The SMILES string of the molecule is C=CCOc1ccc(-c2nc3s/c(=C\c4ccc(OC(C)=O)c(OCC)c4)c(=O)n3n2)cc1. The first-order valence-electron chi connectivity index (χ1n) is 10.2. The Labute approximate surface area is 193 Å². The van der Waals surface area contributed by atoms with Crippen LogP contribution in [0.2, 0.25) is 0 Å². The maximum Gasteiger partial charge on any atom is 0.308 e. The van der Waals surface area contributed by atoms with Crippen molar-refractivity contribution >= 4 is 28.3 Å². The van der Waals surface area contributed by atoms with Gasteiger partial charge in [0.1, 0.15) is 12.4 Å². The van der Waals surface area contributed by atoms with Crippen molar-refractivity contribution in [1.82, 2.24) is 14.6 Å². The number of hydrogen-bond acceptors (Lipinski definition) is 8. The van der Waals surface area contributed by atoms with E-state index in [4.69, 9.17) is 14.2 Å². The van der Waals surface area contributed by atoms with Gasteiger partial charge in [-0.1, -0.05) is 30.1 Å². The number of aromatic nitrogens is 3. The van der Waals surface area contributed by atoms with Gasteiger partial charge in [0.15, 0.2) is 17.3 Å². The smallest absolute Gasteiger partial charge is 0.308 e. The van der Waals surface area contributed by atoms with E-state index in [9.17, 15) is 9.59 Å². The van der Waals surface area contributed by atoms with Crippen molar-refractivity contribution in [3.63, 3.8) is 0 Å². The van der Waals surface area contributed by atoms with E-state index >= 15 is 0 Å². The van der Waals surface area contributed by atoms with Gasteiger partial charge in [-0.2, -0.15) is 9.50 Å². The van der Waals surface area contributed by atoms with Gasteiger partial charge in [-0.3, -0.25) is 9.59 Å². The summed E-state index contributed by atoms with van der Waals surface area (Å²) in [5, 5.41) is 4.37. The summed E-state index contributed by atoms with van der Waals surface area (Å²) >= 11 is 1.24. The van der Waals surface area contributed by atoms with Gasteiger partial charge in [0.05, 0.1) is 11.1 Å². The van der Waals surface area contributed by atoms with Crippen LogP contribution in [0.25, 0.3) is 22.4 Å². The lowest BCUT2D eigenvalue weighted by atomic mass is 10.2. The molecule has 0 fully saturated rings. The highest BCUT2D eigenvalue weighted by Gasteiger charge is 2.13. The summed E-state index contributed by atoms with van der Waals surface area (Å²) in [7, 11) is 0. The number of hydrogen-bond donors (Lipinski definition) is 0. The van der Waals surface area contributed by atoms with Crippen LogP contribution in [-0.4, -0.2) is 33.8 Å². The van der Waals surface area contributed by atoms with E-state index in [0.717, 1.165) is 11.1 Å². The zero-order chi connectivity index (χ0) is 23.4. The number of rotatable bonds is 8. The average molecular weight is 464 g/mol. The van der Waals surface area contributed by atoms with Crippen molar-refractivity contribution in [2.75, 3.05) is 13.2 Å². The maximum atomic E-state index is 12.9. The van der Waals surface area contributed by atoms with Gasteiger partial charge in [-0.25, -0.2) is 0 Å². The molecule has 4 aromatic rings. The molecule has 0 saturated carbocycles. The van der Waals surface area contributed by atoms with Gasteiger partial charge in [0, 0.05) is 12.5 Å². The van der Waals surface area contributed by atoms with Gasteiger partial charge in [-0.15, -0.1) is 5.10 Å². The first-order chi connectivity index (χ1) is 16.0. The van der Waals surface area contributed by atoms with Gasteiger partial charge in [-0.05, 0) is 55.0 Å². The molecule has 0 spiro atoms. The Morgan fingerprint density at radius 2 is 1.94 bits per heavy atom. The summed E-state index contributed by atoms with van der Waals surface area (Å²) in [4.78, 5) is 29.2. The fraction of sp³-hybridized carbons (Fsp3) is 0.167. The number of nitrogens with zero attached hydrogens (tertiary/aromatic N) is 3. The van der Waals surface area contributed by atoms with Crippen molar-refractivity contribution in [3.05, 3.63) is 75.6 Å². The molecule has 2 heterocycles. The van der Waals surface area contributed by atoms with E-state index in [0.29, 0.717) is 45.8 Å². The molecule has 8 nitrogen and oxygen atoms in total. The van der Waals surface area contributed by atoms with Crippen LogP contribution in [0, 0.1) is 0 Å². The molecule has 2 aromatic heterocycles. The van der Waals surface area contributed by atoms with Crippen LogP contribution in [0.1, 0.15) is 19.4 Å². The standard InChI is InChI=1S/C24H21N3O5S/c1-4-12-31-18-9-7-17(8-10-18)22-25-24-27(26-22)23(29)21(33-24)14-16-6-11-19(32-15(3)28)20(13-16)30-5-2/h4,6-11,13-14H,1,5,12H2,2-3H3/b21-14-. The molecule has 0 saturated heterocycles. The normalized spacial score (nSPS) is 11.5. The molecule has 0 aliphatic carbocycles. The third-order valence-corrected chi connectivity index (χ3v) is 5.44. The molecule has 0 unspecified atom stereocenters. The highest BCUT2D eigenvalue weighted by Crippen LogP contribution is 2.29. The second kappa shape index (κ2) is 9.66. The summed E-state index contributed by atoms with van der Waals surface area (Å²) in [6.07, 6.45) is 3.41. The molecule has 0 bridgehead atoms. The molecule has 2 aromatic carbocycles. The Hall–Kier alpha value is -3.98. The fourth-order valence-corrected chi connectivity index (χ4v) is 3.99. The maximum absolute atomic E-state index is 12.9. The Kier molecular flexibility index (Phi) is 6.50. The Balaban J connectivity index is 1.65. The molecule has 0 aliphatic rings. The van der Waals surface area contributed by atoms with E-state index in [1.807, 2.05) is 31.2 Å². The Morgan fingerprint density at radius 3 is 2.61 bits per heavy atom. The van der Waals surface area contributed by atoms with E-state index in [1.54, 1.807) is 30.4 Å². The summed E-state index contributed by atoms with van der Waals surface area (Å²) in [5.41, 5.74) is 1.25. The molecular weight excluding hydrogens is 442 g/mol. The monoisotopic (exact) mass is 463 g/mol. The lowest BCUT2D eigenvalue weighted by molar-refractivity contribution is -0.132. The predicted molar refractivity (Wildman–Crippen MR) is 126 cm³/mol. The zero-order valence-corrected chi connectivity index (χ0v) is 18.9. The molecule has 0 amide bonds. The van der Waals surface area contributed by atoms with Gasteiger partial charge in [0.25, 0.3) is 5.56 Å². The number of benzene rings is 2. The molecule has 0 radical (unpaired) electrons. The van der Waals surface area contributed by atoms with E-state index in [-0.39, 0.29) is 5.56 Å². The second-order valence-corrected chi connectivity index (χ2v) is 7.91. The summed E-state index contributed by atoms with van der Waals surface area (Å²) in [6, 6.07) is 12.4. The van der Waals surface area contributed by atoms with Crippen LogP contribution in [0.3, 0.4) is 0 Å². The third-order valence-electron chi connectivity index (χ3n) is 4.48. The number of fused-ring (bicyclic) bond motifs is 1. The quantitative estimate of drug-likeness (QED) is 0.225. The number of carbonyl (C=O) groups is 1. The number of thiazole rings is 1. The van der Waals surface area contributed by atoms with E-state index in [2.05, 4.69) is 16.7 Å². The zero-order valence-electron chi connectivity index (χ0n) is 18.1. The predicted octanol–water partition coefficient (Wildman–Crippen LogP) is 3.25. The van der Waals surface area contributed by atoms with Gasteiger partial charge in [0.2, 0.25) is 4.96 Å². The summed E-state index contributed by atoms with van der Waals surface area (Å²) < 4.78 is 18.0. The van der Waals surface area contributed by atoms with Gasteiger partial charge < -0.3 is 14.2 Å². The van der Waals surface area contributed by atoms with Crippen LogP contribution in [0.15, 0.2) is 59.9 Å². The summed E-state index contributed by atoms with van der Waals surface area (Å²) in [5.74, 6) is 1.50. The lowest BCUT2D eigenvalue weighted by Gasteiger charge is -2.10. The van der Waals surface area contributed by atoms with Crippen LogP contribution in [-0.2, 0) is 4.79 Å². The van der Waals surface area contributed by atoms with Crippen LogP contribution < -0.4 is 24.3 Å². The Bertz CT molecular complexity index is 1420. The van der Waals surface area contributed by atoms with E-state index < -0.39 is 5.97 Å². The van der Waals surface area contributed by atoms with Crippen molar-refractivity contribution in [3.8, 4) is 28.6 Å². The Morgan fingerprint density at radius 1 is 1.15 bits per heavy atom. The third kappa shape index (κ3) is 4.93. The molecule has 0 aliphatic heterocycles. The van der Waals surface area contributed by atoms with E-state index in [1.165, 1.54) is 22.8 Å². The van der Waals surface area contributed by atoms with Crippen LogP contribution >= 0.6 is 11.3 Å². The van der Waals surface area contributed by atoms with Crippen molar-refractivity contribution in [1.29, 1.82) is 0 Å². The van der Waals surface area contributed by atoms with Crippen molar-refractivity contribution < 1.29 is 19.0 Å². The molecular formula is C24H21N3O5S. The van der Waals surface area contributed by atoms with Crippen LogP contribution in [0.5, 0.6) is 17.2 Å². The minimum atomic E-state index is -0.435. The fourth-order valence-electron chi connectivity index (χ4n) is 3.08. The molecule has 168 valence electrons. The topological polar surface area (TPSA) is 92.0 Å². The number of carbonyl (C=O) groups excluding carboxylic acids is 1. The first-order valence-corrected chi connectivity index (χ1v) is 11.0. The number of esters is 1. The van der Waals surface area contributed by atoms with Crippen molar-refractivity contribution in [2.45, 2.75) is 13.8 Å². The minimum Gasteiger partial charge on any atom is -0.490 e. The lowest BCUT2D eigenvalue weighted by Crippen LogP contribution is -2.23. The largest absolute Gasteiger partial charge is 0.490 e. The summed E-state index contributed by atoms with van der Waals surface area (Å²) in [6.45, 7) is 7.62. The average Bonchev–Trinajstić information content (AvgIpc) is 3.34. The molecule has 0 atom stereocenters. The second-order valence-electron chi connectivity index (χ2n) is 6.90. The van der Waals surface area contributed by atoms with Gasteiger partial charge >= 0.3 is 5.97 Å². The molecule has 4 rings (SSSR count).